The summed E-state index contributed by atoms with van der Waals surface area (Å²) < 4.78 is 116. The lowest BCUT2D eigenvalue weighted by Gasteiger charge is -2.44. The minimum atomic E-state index is -2.25. The van der Waals surface area contributed by atoms with Gasteiger partial charge in [0.25, 0.3) is 0 Å². The molecule has 0 amide bonds. The highest BCUT2D eigenvalue weighted by Gasteiger charge is 2.46. The highest BCUT2D eigenvalue weighted by Crippen LogP contribution is 2.46. The predicted octanol–water partition coefficient (Wildman–Crippen LogP) is 15.5. The standard InChI is InChI=1S/C31H37F2N3O3Si.C22H17F2N3O3.C21H15F2N3O3/c1-19(2)40(20(3)4,21(5)6)36-17-24(25-13-23(16-35-31(25)36)22-9-8-12-34-15-22)14-26-27(32)10-11-28(30(26)33)39-18-29(37)38-7;1-29-20(28)12-30-19-5-4-18(23)17(21(19)24)8-15-11-27-22-16(15)7-14(10-26-22)13-3-2-6-25-9-13;22-17-3-4-18(29-11-19(27)28)20(23)16(17)7-14-10-26-21-15(14)6-13(9-25-21)12-2-1-5-24-8-12/h8-13,15-17,19-21H,14,18H2,1-7H3;2-7,9-11H,8,12H2,1H3,(H,26,27);1-6,8-10H,7,11H2,(H,25,26)(H,27,28). The van der Waals surface area contributed by atoms with Crippen LogP contribution in [0.15, 0.2) is 165 Å². The van der Waals surface area contributed by atoms with E-state index in [-0.39, 0.29) is 53.2 Å². The lowest BCUT2D eigenvalue weighted by atomic mass is 10.0. The van der Waals surface area contributed by atoms with Gasteiger partial charge in [0.1, 0.15) is 34.4 Å². The summed E-state index contributed by atoms with van der Waals surface area (Å²) in [6, 6.07) is 23.8. The number of carboxylic acid groups (broad SMARTS) is 1. The largest absolute Gasteiger partial charge is 0.479 e. The van der Waals surface area contributed by atoms with Crippen molar-refractivity contribution in [1.29, 1.82) is 0 Å². The molecule has 18 nitrogen and oxygen atoms in total. The van der Waals surface area contributed by atoms with Gasteiger partial charge in [0.05, 0.1) is 14.2 Å². The molecule has 0 unspecified atom stereocenters. The van der Waals surface area contributed by atoms with Gasteiger partial charge in [-0.05, 0) is 106 Å². The van der Waals surface area contributed by atoms with E-state index in [4.69, 9.17) is 24.3 Å². The minimum Gasteiger partial charge on any atom is -0.479 e. The van der Waals surface area contributed by atoms with E-state index in [1.165, 1.54) is 26.4 Å². The molecule has 12 aromatic rings. The molecule has 99 heavy (non-hydrogen) atoms. The maximum absolute atomic E-state index is 15.6. The molecule has 0 radical (unpaired) electrons. The Balaban J connectivity index is 0.000000163. The molecule has 0 aliphatic heterocycles. The Labute approximate surface area is 566 Å². The number of fused-ring (bicyclic) bond motifs is 3. The van der Waals surface area contributed by atoms with Crippen LogP contribution in [-0.2, 0) is 43.1 Å². The van der Waals surface area contributed by atoms with Crippen molar-refractivity contribution >= 4 is 59.2 Å². The minimum absolute atomic E-state index is 0.00642. The highest BCUT2D eigenvalue weighted by atomic mass is 28.3. The van der Waals surface area contributed by atoms with E-state index >= 15 is 8.78 Å². The second kappa shape index (κ2) is 31.3. The molecule has 3 aromatic carbocycles. The third kappa shape index (κ3) is 15.6. The fourth-order valence-corrected chi connectivity index (χ4v) is 19.2. The zero-order chi connectivity index (χ0) is 70.7. The van der Waals surface area contributed by atoms with E-state index in [2.05, 4.69) is 96.3 Å². The number of benzene rings is 3. The summed E-state index contributed by atoms with van der Waals surface area (Å²) in [5.41, 5.74) is 9.99. The van der Waals surface area contributed by atoms with Gasteiger partial charge in [-0.25, -0.2) is 55.7 Å². The van der Waals surface area contributed by atoms with Crippen LogP contribution in [0.4, 0.5) is 26.3 Å². The molecule has 0 bridgehead atoms. The first-order valence-corrected chi connectivity index (χ1v) is 33.6. The van der Waals surface area contributed by atoms with Crippen LogP contribution in [0.3, 0.4) is 0 Å². The SMILES string of the molecule is COC(=O)COc1ccc(F)c(Cc2c[nH]c3ncc(-c4cccnc4)cc23)c1F.COC(=O)COc1ccc(F)c(Cc2cn([Si](C(C)C)(C(C)C)C(C)C)c3ncc(-c4cccnc4)cc23)c1F.O=C(O)COc1ccc(F)c(Cc2c[nH]c3ncc(-c4cccnc4)cc23)c1F. The summed E-state index contributed by atoms with van der Waals surface area (Å²) in [7, 11) is 0.166. The number of nitrogens with one attached hydrogen (secondary N) is 2. The van der Waals surface area contributed by atoms with Gasteiger partial charge < -0.3 is 43.0 Å². The Hall–Kier alpha value is -11.2. The molecule has 0 aliphatic rings. The van der Waals surface area contributed by atoms with Crippen molar-refractivity contribution in [2.24, 2.45) is 0 Å². The zero-order valence-electron chi connectivity index (χ0n) is 55.2. The van der Waals surface area contributed by atoms with Crippen LogP contribution in [0.25, 0.3) is 66.5 Å². The molecule has 9 aromatic heterocycles. The van der Waals surface area contributed by atoms with Crippen molar-refractivity contribution in [2.45, 2.75) is 77.4 Å². The maximum Gasteiger partial charge on any atom is 0.343 e. The molecule has 0 spiro atoms. The van der Waals surface area contributed by atoms with Crippen LogP contribution in [0.5, 0.6) is 17.2 Å². The van der Waals surface area contributed by atoms with Crippen molar-refractivity contribution in [3.05, 3.63) is 234 Å². The van der Waals surface area contributed by atoms with E-state index in [1.807, 2.05) is 60.8 Å². The number of rotatable bonds is 22. The van der Waals surface area contributed by atoms with Crippen LogP contribution in [-0.4, -0.2) is 109 Å². The Bertz CT molecular complexity index is 4840. The monoisotopic (exact) mass is 1370 g/mol. The van der Waals surface area contributed by atoms with Gasteiger partial charge in [-0.2, -0.15) is 0 Å². The summed E-state index contributed by atoms with van der Waals surface area (Å²) in [6.07, 6.45) is 20.8. The summed E-state index contributed by atoms with van der Waals surface area (Å²) in [4.78, 5) is 65.6. The molecule has 0 atom stereocenters. The van der Waals surface area contributed by atoms with Gasteiger partial charge in [0.15, 0.2) is 62.8 Å². The summed E-state index contributed by atoms with van der Waals surface area (Å²) in [5, 5.41) is 11.0. The topological polar surface area (TPSA) is 231 Å². The number of aromatic amines is 2. The third-order valence-electron chi connectivity index (χ3n) is 17.2. The van der Waals surface area contributed by atoms with E-state index < -0.39 is 80.9 Å². The van der Waals surface area contributed by atoms with Gasteiger partial charge in [0, 0.05) is 160 Å². The normalized spacial score (nSPS) is 11.4. The number of carbonyl (C=O) groups is 3. The van der Waals surface area contributed by atoms with Crippen molar-refractivity contribution in [3.63, 3.8) is 0 Å². The van der Waals surface area contributed by atoms with Gasteiger partial charge in [0.2, 0.25) is 0 Å². The Kier molecular flexibility index (Phi) is 22.3. The quantitative estimate of drug-likeness (QED) is 0.0325. The second-order valence-electron chi connectivity index (χ2n) is 24.0. The number of aliphatic carboxylic acids is 1. The third-order valence-corrected chi connectivity index (χ3v) is 23.9. The van der Waals surface area contributed by atoms with E-state index in [0.717, 1.165) is 85.0 Å². The van der Waals surface area contributed by atoms with Gasteiger partial charge in [-0.15, -0.1) is 0 Å². The van der Waals surface area contributed by atoms with E-state index in [9.17, 15) is 31.9 Å². The molecular formula is C74H69F6N9O9Si. The first-order valence-electron chi connectivity index (χ1n) is 31.4. The van der Waals surface area contributed by atoms with Crippen LogP contribution in [0, 0.1) is 34.9 Å². The van der Waals surface area contributed by atoms with Crippen LogP contribution >= 0.6 is 0 Å². The number of H-pyrrole nitrogens is 2. The number of esters is 2. The van der Waals surface area contributed by atoms with Crippen LogP contribution in [0.2, 0.25) is 16.6 Å². The Morgan fingerprint density at radius 3 is 1.19 bits per heavy atom. The molecule has 25 heteroatoms. The molecule has 510 valence electrons. The molecule has 0 saturated heterocycles. The smallest absolute Gasteiger partial charge is 0.343 e. The summed E-state index contributed by atoms with van der Waals surface area (Å²) >= 11 is 0. The zero-order valence-corrected chi connectivity index (χ0v) is 56.2. The number of hydrogen-bond acceptors (Lipinski definition) is 14. The number of aromatic nitrogens is 9. The number of ether oxygens (including phenoxy) is 5. The van der Waals surface area contributed by atoms with Gasteiger partial charge in [-0.3, -0.25) is 15.0 Å². The molecule has 0 fully saturated rings. The molecule has 9 heterocycles. The van der Waals surface area contributed by atoms with Gasteiger partial charge >= 0.3 is 17.9 Å². The predicted molar refractivity (Wildman–Crippen MR) is 364 cm³/mol. The van der Waals surface area contributed by atoms with Crippen molar-refractivity contribution in [3.8, 4) is 50.6 Å². The number of carbonyl (C=O) groups excluding carboxylic acids is 2. The fraction of sp³-hybridized carbons (Fsp3) is 0.230. The number of nitrogens with zero attached hydrogens (tertiary/aromatic N) is 7. The number of carboxylic acids is 1. The van der Waals surface area contributed by atoms with Crippen LogP contribution < -0.4 is 14.2 Å². The molecule has 0 aliphatic carbocycles. The maximum atomic E-state index is 15.6. The van der Waals surface area contributed by atoms with Crippen molar-refractivity contribution in [2.75, 3.05) is 34.0 Å². The molecular weight excluding hydrogens is 1300 g/mol. The average Bonchev–Trinajstić information content (AvgIpc) is 1.61. The van der Waals surface area contributed by atoms with E-state index in [0.29, 0.717) is 39.0 Å². The number of pyridine rings is 6. The lowest BCUT2D eigenvalue weighted by molar-refractivity contribution is -0.143. The molecule has 3 N–H and O–H groups in total. The van der Waals surface area contributed by atoms with E-state index in [1.54, 1.807) is 62.0 Å². The molecule has 0 saturated carbocycles. The fourth-order valence-electron chi connectivity index (χ4n) is 12.6. The summed E-state index contributed by atoms with van der Waals surface area (Å²) in [6.45, 7) is 11.9. The Morgan fingerprint density at radius 1 is 0.475 bits per heavy atom. The second-order valence-corrected chi connectivity index (χ2v) is 29.7. The van der Waals surface area contributed by atoms with Crippen LogP contribution in [0.1, 0.15) is 74.9 Å². The lowest BCUT2D eigenvalue weighted by Crippen LogP contribution is -2.51. The average molecular weight is 1370 g/mol. The first kappa shape index (κ1) is 70.6. The van der Waals surface area contributed by atoms with Crippen molar-refractivity contribution < 1.29 is 69.5 Å². The summed E-state index contributed by atoms with van der Waals surface area (Å²) in [5.74, 6) is -8.02. The number of methoxy groups -OCH3 is 2. The molecule has 12 rings (SSSR count). The van der Waals surface area contributed by atoms with Gasteiger partial charge in [-0.1, -0.05) is 59.7 Å². The number of hydrogen-bond donors (Lipinski definition) is 3. The number of halogens is 6. The highest BCUT2D eigenvalue weighted by molar-refractivity contribution is 6.82. The first-order chi connectivity index (χ1) is 47.6. The Morgan fingerprint density at radius 2 is 0.838 bits per heavy atom. The van der Waals surface area contributed by atoms with Crippen molar-refractivity contribution in [1.82, 2.24) is 44.1 Å².